The predicted octanol–water partition coefficient (Wildman–Crippen LogP) is 1.54. The maximum absolute atomic E-state index is 12.8. The molecule has 1 aliphatic carbocycles. The van der Waals surface area contributed by atoms with Crippen molar-refractivity contribution in [1.82, 2.24) is 15.1 Å². The van der Waals surface area contributed by atoms with Gasteiger partial charge in [0.25, 0.3) is 0 Å². The molecule has 2 aliphatic heterocycles. The second-order valence-corrected chi connectivity index (χ2v) is 7.66. The summed E-state index contributed by atoms with van der Waals surface area (Å²) in [5.41, 5.74) is 0. The largest absolute Gasteiger partial charge is 0.354 e. The second kappa shape index (κ2) is 8.68. The molecule has 1 N–H and O–H groups in total. The van der Waals surface area contributed by atoms with Crippen molar-refractivity contribution in [3.8, 4) is 0 Å². The fourth-order valence-electron chi connectivity index (χ4n) is 4.46. The molecule has 1 saturated carbocycles. The number of nitrogens with zero attached hydrogens (tertiary/aromatic N) is 2. The highest BCUT2D eigenvalue weighted by Gasteiger charge is 2.38. The average molecular weight is 349 g/mol. The molecule has 0 radical (unpaired) electrons. The lowest BCUT2D eigenvalue weighted by molar-refractivity contribution is -0.143. The van der Waals surface area contributed by atoms with E-state index < -0.39 is 0 Å². The maximum Gasteiger partial charge on any atom is 0.226 e. The molecule has 0 aromatic carbocycles. The summed E-state index contributed by atoms with van der Waals surface area (Å²) in [6.07, 6.45) is 8.51. The van der Waals surface area contributed by atoms with Crippen molar-refractivity contribution in [3.05, 3.63) is 0 Å². The number of nitrogens with one attached hydrogen (secondary N) is 1. The van der Waals surface area contributed by atoms with Gasteiger partial charge in [0, 0.05) is 51.0 Å². The summed E-state index contributed by atoms with van der Waals surface area (Å²) in [5.74, 6) is 0.0351. The minimum absolute atomic E-state index is 0.00158. The normalized spacial score (nSPS) is 27.4. The van der Waals surface area contributed by atoms with Crippen molar-refractivity contribution in [2.24, 2.45) is 11.8 Å². The zero-order valence-electron chi connectivity index (χ0n) is 15.2. The molecular weight excluding hydrogens is 318 g/mol. The van der Waals surface area contributed by atoms with Crippen molar-refractivity contribution in [3.63, 3.8) is 0 Å². The van der Waals surface area contributed by atoms with Crippen molar-refractivity contribution < 1.29 is 14.4 Å². The van der Waals surface area contributed by atoms with Crippen LogP contribution in [0.15, 0.2) is 0 Å². The molecule has 2 heterocycles. The molecule has 0 bridgehead atoms. The summed E-state index contributed by atoms with van der Waals surface area (Å²) in [4.78, 5) is 41.1. The third-order valence-corrected chi connectivity index (χ3v) is 5.94. The van der Waals surface area contributed by atoms with Crippen LogP contribution in [0.4, 0.5) is 0 Å². The Labute approximate surface area is 150 Å². The van der Waals surface area contributed by atoms with Crippen LogP contribution in [0.3, 0.4) is 0 Å². The van der Waals surface area contributed by atoms with Crippen LogP contribution in [-0.2, 0) is 14.4 Å². The first kappa shape index (κ1) is 18.2. The zero-order chi connectivity index (χ0) is 17.6. The average Bonchev–Trinajstić information content (AvgIpc) is 3.17. The lowest BCUT2D eigenvalue weighted by atomic mass is 9.78. The van der Waals surface area contributed by atoms with E-state index in [0.717, 1.165) is 71.0 Å². The van der Waals surface area contributed by atoms with Crippen LogP contribution in [0.1, 0.15) is 57.8 Å². The molecule has 6 heteroatoms. The zero-order valence-corrected chi connectivity index (χ0v) is 15.2. The Balaban J connectivity index is 1.50. The van der Waals surface area contributed by atoms with E-state index in [0.29, 0.717) is 19.5 Å². The van der Waals surface area contributed by atoms with Gasteiger partial charge in [0.15, 0.2) is 0 Å². The molecule has 3 fully saturated rings. The van der Waals surface area contributed by atoms with Gasteiger partial charge in [0.1, 0.15) is 0 Å². The lowest BCUT2D eigenvalue weighted by Crippen LogP contribution is -2.46. The van der Waals surface area contributed by atoms with E-state index in [1.807, 2.05) is 9.80 Å². The first-order chi connectivity index (χ1) is 12.2. The smallest absolute Gasteiger partial charge is 0.226 e. The number of hydrogen-bond donors (Lipinski definition) is 1. The first-order valence-electron chi connectivity index (χ1n) is 10.0. The number of amides is 3. The van der Waals surface area contributed by atoms with Crippen LogP contribution < -0.4 is 5.32 Å². The fourth-order valence-corrected chi connectivity index (χ4v) is 4.46. The predicted molar refractivity (Wildman–Crippen MR) is 94.7 cm³/mol. The maximum atomic E-state index is 12.8. The molecule has 0 spiro atoms. The minimum Gasteiger partial charge on any atom is -0.354 e. The first-order valence-corrected chi connectivity index (χ1v) is 10.0. The van der Waals surface area contributed by atoms with Crippen LogP contribution in [0.2, 0.25) is 0 Å². The van der Waals surface area contributed by atoms with E-state index in [-0.39, 0.29) is 29.6 Å². The van der Waals surface area contributed by atoms with Gasteiger partial charge < -0.3 is 15.1 Å². The molecule has 140 valence electrons. The highest BCUT2D eigenvalue weighted by molar-refractivity contribution is 5.88. The second-order valence-electron chi connectivity index (χ2n) is 7.66. The van der Waals surface area contributed by atoms with E-state index in [1.54, 1.807) is 0 Å². The molecule has 6 nitrogen and oxygen atoms in total. The third-order valence-electron chi connectivity index (χ3n) is 5.94. The van der Waals surface area contributed by atoms with Crippen molar-refractivity contribution in [2.75, 3.05) is 32.7 Å². The summed E-state index contributed by atoms with van der Waals surface area (Å²) in [7, 11) is 0. The van der Waals surface area contributed by atoms with Gasteiger partial charge in [0.2, 0.25) is 17.7 Å². The number of hydrogen-bond acceptors (Lipinski definition) is 3. The Morgan fingerprint density at radius 2 is 1.60 bits per heavy atom. The van der Waals surface area contributed by atoms with E-state index in [4.69, 9.17) is 0 Å². The lowest BCUT2D eigenvalue weighted by Gasteiger charge is -2.33. The number of carbonyl (C=O) groups is 3. The van der Waals surface area contributed by atoms with Crippen LogP contribution in [0, 0.1) is 11.8 Å². The van der Waals surface area contributed by atoms with Gasteiger partial charge in [-0.3, -0.25) is 14.4 Å². The van der Waals surface area contributed by atoms with Crippen molar-refractivity contribution in [1.29, 1.82) is 0 Å². The van der Waals surface area contributed by atoms with Crippen LogP contribution >= 0.6 is 0 Å². The van der Waals surface area contributed by atoms with Crippen LogP contribution in [0.25, 0.3) is 0 Å². The highest BCUT2D eigenvalue weighted by Crippen LogP contribution is 2.32. The standard InChI is InChI=1S/C19H31N3O3/c23-17-9-3-4-11-21(17)14-10-20-18(24)15-7-1-2-8-16(15)19(25)22-12-5-6-13-22/h15-16H,1-14H2,(H,20,24)/t15-,16+/m0/s1. The topological polar surface area (TPSA) is 69.7 Å². The SMILES string of the molecule is O=C(NCCN1CCCCC1=O)[C@H]1CCCC[C@H]1C(=O)N1CCCC1. The number of carbonyl (C=O) groups excluding carboxylic acids is 3. The Bertz CT molecular complexity index is 502. The van der Waals surface area contributed by atoms with Gasteiger partial charge >= 0.3 is 0 Å². The summed E-state index contributed by atoms with van der Waals surface area (Å²) in [6.45, 7) is 3.57. The van der Waals surface area contributed by atoms with E-state index >= 15 is 0 Å². The van der Waals surface area contributed by atoms with Gasteiger partial charge in [-0.2, -0.15) is 0 Å². The number of rotatable bonds is 5. The van der Waals surface area contributed by atoms with E-state index in [1.165, 1.54) is 0 Å². The Kier molecular flexibility index (Phi) is 6.32. The summed E-state index contributed by atoms with van der Waals surface area (Å²) in [5, 5.41) is 2.99. The van der Waals surface area contributed by atoms with Gasteiger partial charge in [-0.05, 0) is 38.5 Å². The molecule has 25 heavy (non-hydrogen) atoms. The monoisotopic (exact) mass is 349 g/mol. The fraction of sp³-hybridized carbons (Fsp3) is 0.842. The van der Waals surface area contributed by atoms with Gasteiger partial charge in [-0.1, -0.05) is 12.8 Å². The Hall–Kier alpha value is -1.59. The van der Waals surface area contributed by atoms with Gasteiger partial charge in [-0.25, -0.2) is 0 Å². The Morgan fingerprint density at radius 3 is 2.32 bits per heavy atom. The molecule has 2 atom stereocenters. The number of piperidine rings is 1. The van der Waals surface area contributed by atoms with Crippen LogP contribution in [0.5, 0.6) is 0 Å². The van der Waals surface area contributed by atoms with E-state index in [2.05, 4.69) is 5.32 Å². The summed E-state index contributed by atoms with van der Waals surface area (Å²) >= 11 is 0. The van der Waals surface area contributed by atoms with Crippen molar-refractivity contribution >= 4 is 17.7 Å². The molecule has 3 aliphatic rings. The summed E-state index contributed by atoms with van der Waals surface area (Å²) in [6, 6.07) is 0. The summed E-state index contributed by atoms with van der Waals surface area (Å²) < 4.78 is 0. The molecule has 0 aromatic heterocycles. The van der Waals surface area contributed by atoms with Gasteiger partial charge in [0.05, 0.1) is 0 Å². The molecule has 0 aromatic rings. The Morgan fingerprint density at radius 1 is 0.920 bits per heavy atom. The van der Waals surface area contributed by atoms with Gasteiger partial charge in [-0.15, -0.1) is 0 Å². The molecule has 2 saturated heterocycles. The number of likely N-dealkylation sites (tertiary alicyclic amines) is 2. The quantitative estimate of drug-likeness (QED) is 0.819. The molecule has 0 unspecified atom stereocenters. The van der Waals surface area contributed by atoms with E-state index in [9.17, 15) is 14.4 Å². The third kappa shape index (κ3) is 4.53. The molecule has 3 rings (SSSR count). The minimum atomic E-state index is -0.195. The van der Waals surface area contributed by atoms with Crippen molar-refractivity contribution in [2.45, 2.75) is 57.8 Å². The van der Waals surface area contributed by atoms with Crippen LogP contribution in [-0.4, -0.2) is 60.2 Å². The molecule has 3 amide bonds. The molecular formula is C19H31N3O3. The highest BCUT2D eigenvalue weighted by atomic mass is 16.2.